The van der Waals surface area contributed by atoms with Gasteiger partial charge in [0.2, 0.25) is 0 Å². The first-order valence-corrected chi connectivity index (χ1v) is 9.91. The summed E-state index contributed by atoms with van der Waals surface area (Å²) in [5.41, 5.74) is 2.32. The standard InChI is InChI=1S/C24H18Cl2FNO3/c1-29-22-7-6-17(12-23(22)30-2)18(13-28)8-16-10-20(25)24(21(26)11-16)31-14-15-4-3-5-19(27)9-15/h3-12H,14H2,1-2H3/b18-8+. The fraction of sp³-hybridized carbons (Fsp3) is 0.125. The lowest BCUT2D eigenvalue weighted by molar-refractivity contribution is 0.306. The Balaban J connectivity index is 1.87. The van der Waals surface area contributed by atoms with Gasteiger partial charge in [-0.3, -0.25) is 0 Å². The molecule has 3 aromatic rings. The molecule has 0 aliphatic heterocycles. The van der Waals surface area contributed by atoms with E-state index in [9.17, 15) is 9.65 Å². The zero-order chi connectivity index (χ0) is 22.4. The molecular formula is C24H18Cl2FNO3. The summed E-state index contributed by atoms with van der Waals surface area (Å²) in [5, 5.41) is 10.2. The van der Waals surface area contributed by atoms with E-state index in [1.165, 1.54) is 19.2 Å². The highest BCUT2D eigenvalue weighted by Gasteiger charge is 2.12. The first-order chi connectivity index (χ1) is 14.9. The van der Waals surface area contributed by atoms with Gasteiger partial charge in [-0.2, -0.15) is 5.26 Å². The average molecular weight is 458 g/mol. The van der Waals surface area contributed by atoms with Crippen molar-refractivity contribution in [2.45, 2.75) is 6.61 Å². The molecule has 0 N–H and O–H groups in total. The van der Waals surface area contributed by atoms with Crippen LogP contribution in [0.5, 0.6) is 17.2 Å². The van der Waals surface area contributed by atoms with Crippen molar-refractivity contribution in [2.24, 2.45) is 0 Å². The first kappa shape index (κ1) is 22.5. The van der Waals surface area contributed by atoms with Gasteiger partial charge in [-0.1, -0.05) is 35.3 Å². The number of nitrogens with zero attached hydrogens (tertiary/aromatic N) is 1. The van der Waals surface area contributed by atoms with Crippen LogP contribution in [-0.2, 0) is 6.61 Å². The van der Waals surface area contributed by atoms with Crippen LogP contribution >= 0.6 is 23.2 Å². The summed E-state index contributed by atoms with van der Waals surface area (Å²) in [7, 11) is 3.07. The molecule has 0 saturated heterocycles. The van der Waals surface area contributed by atoms with Gasteiger partial charge in [-0.05, 0) is 65.2 Å². The molecule has 4 nitrogen and oxygen atoms in total. The second-order valence-electron chi connectivity index (χ2n) is 6.47. The molecule has 3 rings (SSSR count). The van der Waals surface area contributed by atoms with Crippen molar-refractivity contribution in [1.82, 2.24) is 0 Å². The monoisotopic (exact) mass is 457 g/mol. The van der Waals surface area contributed by atoms with Gasteiger partial charge in [0.25, 0.3) is 0 Å². The summed E-state index contributed by atoms with van der Waals surface area (Å²) in [4.78, 5) is 0. The molecular weight excluding hydrogens is 440 g/mol. The van der Waals surface area contributed by atoms with Crippen LogP contribution in [-0.4, -0.2) is 14.2 Å². The predicted octanol–water partition coefficient (Wildman–Crippen LogP) is 6.79. The molecule has 0 amide bonds. The highest BCUT2D eigenvalue weighted by atomic mass is 35.5. The number of hydrogen-bond donors (Lipinski definition) is 0. The summed E-state index contributed by atoms with van der Waals surface area (Å²) < 4.78 is 29.6. The number of rotatable bonds is 7. The van der Waals surface area contributed by atoms with Gasteiger partial charge in [0.05, 0.1) is 35.9 Å². The van der Waals surface area contributed by atoms with Gasteiger partial charge < -0.3 is 14.2 Å². The van der Waals surface area contributed by atoms with Crippen molar-refractivity contribution in [2.75, 3.05) is 14.2 Å². The molecule has 7 heteroatoms. The lowest BCUT2D eigenvalue weighted by Crippen LogP contribution is -1.97. The molecule has 0 atom stereocenters. The van der Waals surface area contributed by atoms with Crippen molar-refractivity contribution in [3.8, 4) is 23.3 Å². The molecule has 0 spiro atoms. The van der Waals surface area contributed by atoms with Crippen LogP contribution < -0.4 is 14.2 Å². The summed E-state index contributed by atoms with van der Waals surface area (Å²) in [6.45, 7) is 0.113. The molecule has 0 unspecified atom stereocenters. The minimum Gasteiger partial charge on any atom is -0.493 e. The summed E-state index contributed by atoms with van der Waals surface area (Å²) >= 11 is 12.7. The molecule has 0 aliphatic rings. The highest BCUT2D eigenvalue weighted by molar-refractivity contribution is 6.37. The van der Waals surface area contributed by atoms with Gasteiger partial charge in [-0.25, -0.2) is 4.39 Å². The van der Waals surface area contributed by atoms with Gasteiger partial charge in [-0.15, -0.1) is 0 Å². The first-order valence-electron chi connectivity index (χ1n) is 9.15. The fourth-order valence-electron chi connectivity index (χ4n) is 2.93. The zero-order valence-electron chi connectivity index (χ0n) is 16.8. The van der Waals surface area contributed by atoms with E-state index < -0.39 is 0 Å². The number of methoxy groups -OCH3 is 2. The van der Waals surface area contributed by atoms with Crippen molar-refractivity contribution in [3.63, 3.8) is 0 Å². The number of allylic oxidation sites excluding steroid dienone is 1. The maximum absolute atomic E-state index is 13.3. The highest BCUT2D eigenvalue weighted by Crippen LogP contribution is 2.36. The molecule has 0 aromatic heterocycles. The number of halogens is 3. The molecule has 0 radical (unpaired) electrons. The van der Waals surface area contributed by atoms with Crippen LogP contribution in [0.2, 0.25) is 10.0 Å². The molecule has 3 aromatic carbocycles. The Kier molecular flexibility index (Phi) is 7.41. The maximum atomic E-state index is 13.3. The molecule has 0 bridgehead atoms. The van der Waals surface area contributed by atoms with Crippen LogP contribution in [0.3, 0.4) is 0 Å². The van der Waals surface area contributed by atoms with Crippen LogP contribution in [0.1, 0.15) is 16.7 Å². The number of benzene rings is 3. The third kappa shape index (κ3) is 5.49. The Morgan fingerprint density at radius 1 is 1.00 bits per heavy atom. The Labute approximate surface area is 190 Å². The Bertz CT molecular complexity index is 1150. The van der Waals surface area contributed by atoms with Gasteiger partial charge in [0, 0.05) is 0 Å². The Morgan fingerprint density at radius 2 is 1.71 bits per heavy atom. The minimum atomic E-state index is -0.349. The van der Waals surface area contributed by atoms with Crippen molar-refractivity contribution in [1.29, 1.82) is 5.26 Å². The van der Waals surface area contributed by atoms with Gasteiger partial charge in [0.1, 0.15) is 12.4 Å². The SMILES string of the molecule is COc1ccc(/C(C#N)=C/c2cc(Cl)c(OCc3cccc(F)c3)c(Cl)c2)cc1OC. The summed E-state index contributed by atoms with van der Waals surface area (Å²) in [5.74, 6) is 1.01. The van der Waals surface area contributed by atoms with Crippen LogP contribution in [0.4, 0.5) is 4.39 Å². The van der Waals surface area contributed by atoms with E-state index in [1.807, 2.05) is 0 Å². The topological polar surface area (TPSA) is 51.5 Å². The summed E-state index contributed by atoms with van der Waals surface area (Å²) in [6, 6.07) is 16.7. The Morgan fingerprint density at radius 3 is 2.32 bits per heavy atom. The van der Waals surface area contributed by atoms with E-state index in [-0.39, 0.29) is 28.2 Å². The molecule has 158 valence electrons. The largest absolute Gasteiger partial charge is 0.493 e. The second kappa shape index (κ2) is 10.2. The Hall–Kier alpha value is -3.20. The van der Waals surface area contributed by atoms with E-state index in [0.29, 0.717) is 33.8 Å². The normalized spacial score (nSPS) is 11.0. The van der Waals surface area contributed by atoms with Crippen LogP contribution in [0.15, 0.2) is 54.6 Å². The quantitative estimate of drug-likeness (QED) is 0.289. The molecule has 0 saturated carbocycles. The van der Waals surface area contributed by atoms with Crippen LogP contribution in [0.25, 0.3) is 11.6 Å². The molecule has 0 aliphatic carbocycles. The fourth-order valence-corrected chi connectivity index (χ4v) is 3.55. The van der Waals surface area contributed by atoms with E-state index in [0.717, 1.165) is 0 Å². The van der Waals surface area contributed by atoms with E-state index >= 15 is 0 Å². The van der Waals surface area contributed by atoms with Gasteiger partial charge >= 0.3 is 0 Å². The van der Waals surface area contributed by atoms with Crippen molar-refractivity contribution in [3.05, 3.63) is 87.2 Å². The molecule has 31 heavy (non-hydrogen) atoms. The predicted molar refractivity (Wildman–Crippen MR) is 120 cm³/mol. The van der Waals surface area contributed by atoms with Crippen molar-refractivity contribution < 1.29 is 18.6 Å². The third-order valence-electron chi connectivity index (χ3n) is 4.42. The zero-order valence-corrected chi connectivity index (χ0v) is 18.3. The van der Waals surface area contributed by atoms with E-state index in [4.69, 9.17) is 37.4 Å². The van der Waals surface area contributed by atoms with Gasteiger partial charge in [0.15, 0.2) is 17.2 Å². The third-order valence-corrected chi connectivity index (χ3v) is 4.98. The smallest absolute Gasteiger partial charge is 0.161 e. The lowest BCUT2D eigenvalue weighted by Gasteiger charge is -2.12. The number of nitriles is 1. The minimum absolute atomic E-state index is 0.113. The van der Waals surface area contributed by atoms with E-state index in [2.05, 4.69) is 6.07 Å². The number of hydrogen-bond acceptors (Lipinski definition) is 4. The second-order valence-corrected chi connectivity index (χ2v) is 7.29. The van der Waals surface area contributed by atoms with Crippen molar-refractivity contribution >= 4 is 34.9 Å². The molecule has 0 fully saturated rings. The summed E-state index contributed by atoms with van der Waals surface area (Å²) in [6.07, 6.45) is 1.66. The van der Waals surface area contributed by atoms with E-state index in [1.54, 1.807) is 55.7 Å². The maximum Gasteiger partial charge on any atom is 0.161 e. The average Bonchev–Trinajstić information content (AvgIpc) is 2.76. The molecule has 0 heterocycles. The number of ether oxygens (including phenoxy) is 3. The van der Waals surface area contributed by atoms with Crippen LogP contribution in [0, 0.1) is 17.1 Å². The lowest BCUT2D eigenvalue weighted by atomic mass is 10.0.